The van der Waals surface area contributed by atoms with Crippen molar-refractivity contribution in [2.45, 2.75) is 44.7 Å². The molecule has 1 aliphatic rings. The van der Waals surface area contributed by atoms with E-state index in [1.807, 2.05) is 51.1 Å². The molecule has 29 heavy (non-hydrogen) atoms. The van der Waals surface area contributed by atoms with Crippen molar-refractivity contribution in [3.63, 3.8) is 0 Å². The number of carbonyl (C=O) groups excluding carboxylic acids is 1. The maximum absolute atomic E-state index is 13.7. The molecule has 5 nitrogen and oxygen atoms in total. The molecule has 0 N–H and O–H groups in total. The van der Waals surface area contributed by atoms with Crippen molar-refractivity contribution in [1.82, 2.24) is 4.31 Å². The van der Waals surface area contributed by atoms with Crippen molar-refractivity contribution in [2.75, 3.05) is 6.61 Å². The number of nitrogens with zero attached hydrogens (tertiary/aromatic N) is 1. The first-order valence-corrected chi connectivity index (χ1v) is 11.2. The number of benzene rings is 2. The molecule has 6 heteroatoms. The molecular weight excluding hydrogens is 386 g/mol. The minimum Gasteiger partial charge on any atom is -0.463 e. The van der Waals surface area contributed by atoms with Gasteiger partial charge >= 0.3 is 5.97 Å². The first-order chi connectivity index (χ1) is 13.8. The predicted molar refractivity (Wildman–Crippen MR) is 113 cm³/mol. The van der Waals surface area contributed by atoms with Crippen LogP contribution >= 0.6 is 0 Å². The highest BCUT2D eigenvalue weighted by Gasteiger charge is 2.47. The Labute approximate surface area is 173 Å². The summed E-state index contributed by atoms with van der Waals surface area (Å²) < 4.78 is 34.1. The highest BCUT2D eigenvalue weighted by molar-refractivity contribution is 7.89. The molecule has 0 spiro atoms. The van der Waals surface area contributed by atoms with E-state index in [1.54, 1.807) is 37.3 Å². The number of hydrogen-bond acceptors (Lipinski definition) is 4. The second-order valence-corrected chi connectivity index (χ2v) is 9.38. The second kappa shape index (κ2) is 8.51. The lowest BCUT2D eigenvalue weighted by atomic mass is 10.0. The minimum absolute atomic E-state index is 0.0200. The van der Waals surface area contributed by atoms with Gasteiger partial charge in [0.2, 0.25) is 10.0 Å². The van der Waals surface area contributed by atoms with Crippen LogP contribution in [0.3, 0.4) is 0 Å². The normalized spacial score (nSPS) is 20.0. The number of aryl methyl sites for hydroxylation is 1. The zero-order valence-electron chi connectivity index (χ0n) is 17.2. The van der Waals surface area contributed by atoms with Crippen molar-refractivity contribution in [3.8, 4) is 0 Å². The summed E-state index contributed by atoms with van der Waals surface area (Å²) in [6, 6.07) is 14.9. The van der Waals surface area contributed by atoms with E-state index in [0.717, 1.165) is 11.1 Å². The summed E-state index contributed by atoms with van der Waals surface area (Å²) in [5.74, 6) is -0.498. The van der Waals surface area contributed by atoms with Crippen LogP contribution in [0.2, 0.25) is 0 Å². The molecular formula is C23H27NO4S. The molecule has 0 aliphatic carbocycles. The summed E-state index contributed by atoms with van der Waals surface area (Å²) in [6.45, 7) is 7.79. The van der Waals surface area contributed by atoms with Crippen molar-refractivity contribution in [1.29, 1.82) is 0 Å². The third-order valence-corrected chi connectivity index (χ3v) is 6.98. The predicted octanol–water partition coefficient (Wildman–Crippen LogP) is 4.25. The summed E-state index contributed by atoms with van der Waals surface area (Å²) in [7, 11) is -3.85. The number of hydrogen-bond donors (Lipinski definition) is 0. The number of ether oxygens (including phenoxy) is 1. The van der Waals surface area contributed by atoms with Crippen molar-refractivity contribution in [3.05, 3.63) is 77.4 Å². The average Bonchev–Trinajstić information content (AvgIpc) is 3.11. The summed E-state index contributed by atoms with van der Waals surface area (Å²) >= 11 is 0. The summed E-state index contributed by atoms with van der Waals surface area (Å²) in [5.41, 5.74) is 2.09. The van der Waals surface area contributed by atoms with Crippen LogP contribution in [0.15, 0.2) is 71.1 Å². The van der Waals surface area contributed by atoms with Crippen LogP contribution in [0, 0.1) is 12.8 Å². The van der Waals surface area contributed by atoms with E-state index in [-0.39, 0.29) is 17.4 Å². The Kier molecular flexibility index (Phi) is 6.24. The van der Waals surface area contributed by atoms with E-state index in [4.69, 9.17) is 4.74 Å². The van der Waals surface area contributed by atoms with Crippen LogP contribution in [0.4, 0.5) is 0 Å². The van der Waals surface area contributed by atoms with Crippen molar-refractivity contribution >= 4 is 16.0 Å². The second-order valence-electron chi connectivity index (χ2n) is 7.54. The van der Waals surface area contributed by atoms with E-state index >= 15 is 0 Å². The number of carbonyl (C=O) groups is 1. The van der Waals surface area contributed by atoms with Gasteiger partial charge in [0.1, 0.15) is 0 Å². The first-order valence-electron chi connectivity index (χ1n) is 9.81. The fourth-order valence-corrected chi connectivity index (χ4v) is 5.49. The third-order valence-electron chi connectivity index (χ3n) is 5.10. The largest absolute Gasteiger partial charge is 0.463 e. The molecule has 1 aliphatic heterocycles. The van der Waals surface area contributed by atoms with E-state index in [9.17, 15) is 13.2 Å². The Morgan fingerprint density at radius 3 is 2.24 bits per heavy atom. The SMILES string of the molecule is CCOC(=O)C1=C[C@@H](C(C)C)N(S(=O)(=O)c2ccc(C)cc2)[C@H]1c1ccccc1. The first kappa shape index (κ1) is 21.3. The molecule has 0 saturated heterocycles. The van der Waals surface area contributed by atoms with Gasteiger partial charge in [-0.2, -0.15) is 4.31 Å². The van der Waals surface area contributed by atoms with Gasteiger partial charge in [-0.15, -0.1) is 0 Å². The molecule has 2 atom stereocenters. The number of rotatable bonds is 6. The van der Waals surface area contributed by atoms with Gasteiger partial charge in [0.05, 0.1) is 23.1 Å². The fourth-order valence-electron chi connectivity index (χ4n) is 3.63. The lowest BCUT2D eigenvalue weighted by Gasteiger charge is -2.32. The maximum atomic E-state index is 13.7. The van der Waals surface area contributed by atoms with Crippen LogP contribution < -0.4 is 0 Å². The molecule has 0 saturated carbocycles. The highest BCUT2D eigenvalue weighted by atomic mass is 32.2. The molecule has 1 heterocycles. The Morgan fingerprint density at radius 2 is 1.69 bits per heavy atom. The van der Waals surface area contributed by atoms with Gasteiger partial charge in [0.25, 0.3) is 0 Å². The van der Waals surface area contributed by atoms with Gasteiger partial charge < -0.3 is 4.74 Å². The molecule has 0 radical (unpaired) electrons. The summed E-state index contributed by atoms with van der Waals surface area (Å²) in [4.78, 5) is 13.0. The molecule has 0 bridgehead atoms. The van der Waals surface area contributed by atoms with Gasteiger partial charge in [-0.05, 0) is 37.5 Å². The Bertz CT molecular complexity index is 995. The summed E-state index contributed by atoms with van der Waals surface area (Å²) in [6.07, 6.45) is 1.76. The molecule has 154 valence electrons. The van der Waals surface area contributed by atoms with Gasteiger partial charge in [-0.3, -0.25) is 0 Å². The number of sulfonamides is 1. The van der Waals surface area contributed by atoms with E-state index < -0.39 is 28.1 Å². The Hall–Kier alpha value is -2.44. The third kappa shape index (κ3) is 4.14. The van der Waals surface area contributed by atoms with Crippen LogP contribution in [-0.2, 0) is 19.6 Å². The van der Waals surface area contributed by atoms with E-state index in [2.05, 4.69) is 0 Å². The molecule has 0 amide bonds. The van der Waals surface area contributed by atoms with Crippen molar-refractivity contribution < 1.29 is 17.9 Å². The standard InChI is InChI=1S/C23H27NO4S/c1-5-28-23(25)20-15-21(16(2)3)24(22(20)18-9-7-6-8-10-18)29(26,27)19-13-11-17(4)12-14-19/h6-16,21-22H,5H2,1-4H3/t21-,22-/m0/s1. The maximum Gasteiger partial charge on any atom is 0.335 e. The monoisotopic (exact) mass is 413 g/mol. The van der Waals surface area contributed by atoms with Gasteiger partial charge in [0.15, 0.2) is 0 Å². The smallest absolute Gasteiger partial charge is 0.335 e. The topological polar surface area (TPSA) is 63.7 Å². The molecule has 0 unspecified atom stereocenters. The van der Waals surface area contributed by atoms with Crippen LogP contribution in [0.5, 0.6) is 0 Å². The molecule has 2 aromatic carbocycles. The van der Waals surface area contributed by atoms with Gasteiger partial charge in [0, 0.05) is 6.04 Å². The minimum atomic E-state index is -3.85. The quantitative estimate of drug-likeness (QED) is 0.664. The van der Waals surface area contributed by atoms with E-state index in [0.29, 0.717) is 5.57 Å². The lowest BCUT2D eigenvalue weighted by Crippen LogP contribution is -2.41. The zero-order chi connectivity index (χ0) is 21.2. The molecule has 0 aromatic heterocycles. The Balaban J connectivity index is 2.18. The summed E-state index contributed by atoms with van der Waals surface area (Å²) in [5, 5.41) is 0. The van der Waals surface area contributed by atoms with Gasteiger partial charge in [-0.1, -0.05) is 68.0 Å². The molecule has 3 rings (SSSR count). The highest BCUT2D eigenvalue weighted by Crippen LogP contribution is 2.43. The lowest BCUT2D eigenvalue weighted by molar-refractivity contribution is -0.138. The molecule has 0 fully saturated rings. The van der Waals surface area contributed by atoms with Gasteiger partial charge in [-0.25, -0.2) is 13.2 Å². The zero-order valence-corrected chi connectivity index (χ0v) is 18.0. The number of esters is 1. The van der Waals surface area contributed by atoms with Crippen LogP contribution in [0.25, 0.3) is 0 Å². The van der Waals surface area contributed by atoms with Crippen LogP contribution in [-0.4, -0.2) is 31.3 Å². The Morgan fingerprint density at radius 1 is 1.07 bits per heavy atom. The van der Waals surface area contributed by atoms with E-state index in [1.165, 1.54) is 4.31 Å². The van der Waals surface area contributed by atoms with Crippen LogP contribution in [0.1, 0.15) is 37.9 Å². The van der Waals surface area contributed by atoms with Crippen molar-refractivity contribution in [2.24, 2.45) is 5.92 Å². The molecule has 2 aromatic rings. The average molecular weight is 414 g/mol. The fraction of sp³-hybridized carbons (Fsp3) is 0.348.